The van der Waals surface area contributed by atoms with Crippen molar-refractivity contribution in [3.05, 3.63) is 82.3 Å². The first-order chi connectivity index (χ1) is 22.6. The third kappa shape index (κ3) is 12.0. The number of sulfonamides is 1. The van der Waals surface area contributed by atoms with Crippen LogP contribution in [0.15, 0.2) is 58.0 Å². The van der Waals surface area contributed by atoms with Crippen LogP contribution in [-0.4, -0.2) is 64.0 Å². The van der Waals surface area contributed by atoms with Crippen molar-refractivity contribution >= 4 is 51.0 Å². The number of furan rings is 1. The first-order valence-electron chi connectivity index (χ1n) is 14.5. The highest BCUT2D eigenvalue weighted by Crippen LogP contribution is 2.29. The second-order valence-electron chi connectivity index (χ2n) is 10.5. The quantitative estimate of drug-likeness (QED) is 0.0740. The Bertz CT molecular complexity index is 1700. The fourth-order valence-corrected chi connectivity index (χ4v) is 5.33. The zero-order valence-corrected chi connectivity index (χ0v) is 27.5. The van der Waals surface area contributed by atoms with Crippen molar-refractivity contribution in [3.8, 4) is 0 Å². The summed E-state index contributed by atoms with van der Waals surface area (Å²) in [5.74, 6) is -4.06. The molecule has 4 N–H and O–H groups in total. The average Bonchev–Trinajstić information content (AvgIpc) is 3.54. The molecule has 17 heteroatoms. The molecule has 0 saturated carbocycles. The second kappa shape index (κ2) is 17.7. The fourth-order valence-electron chi connectivity index (χ4n) is 4.23. The monoisotopic (exact) mass is 713 g/mol. The van der Waals surface area contributed by atoms with Crippen molar-refractivity contribution in [2.75, 3.05) is 25.1 Å². The lowest BCUT2D eigenvalue weighted by atomic mass is 10.0. The molecule has 2 atom stereocenters. The number of carbonyl (C=O) groups excluding carboxylic acids is 4. The van der Waals surface area contributed by atoms with E-state index in [1.165, 1.54) is 19.3 Å². The van der Waals surface area contributed by atoms with Crippen molar-refractivity contribution < 1.29 is 55.0 Å². The fraction of sp³-hybridized carbons (Fsp3) is 0.355. The van der Waals surface area contributed by atoms with Gasteiger partial charge in [0.1, 0.15) is 28.9 Å². The average molecular weight is 714 g/mol. The third-order valence-corrected chi connectivity index (χ3v) is 7.89. The van der Waals surface area contributed by atoms with Crippen molar-refractivity contribution in [3.63, 3.8) is 0 Å². The number of halogens is 3. The number of hydrogen-bond donors (Lipinski definition) is 3. The van der Waals surface area contributed by atoms with Gasteiger partial charge in [0, 0.05) is 24.1 Å². The summed E-state index contributed by atoms with van der Waals surface area (Å²) in [6.07, 6.45) is 0.982. The number of anilines is 1. The van der Waals surface area contributed by atoms with Crippen molar-refractivity contribution in [2.45, 2.75) is 56.6 Å². The maximum absolute atomic E-state index is 13.4. The lowest BCUT2D eigenvalue weighted by molar-refractivity contribution is -0.150. The van der Waals surface area contributed by atoms with E-state index in [2.05, 4.69) is 10.6 Å². The van der Waals surface area contributed by atoms with E-state index in [9.17, 15) is 36.4 Å². The largest absolute Gasteiger partial charge is 0.467 e. The number of esters is 3. The minimum atomic E-state index is -4.26. The number of primary sulfonamides is 1. The Kier molecular flexibility index (Phi) is 14.0. The minimum Gasteiger partial charge on any atom is -0.467 e. The zero-order valence-electron chi connectivity index (χ0n) is 25.9. The summed E-state index contributed by atoms with van der Waals surface area (Å²) in [7, 11) is -4.26. The Morgan fingerprint density at radius 2 is 1.60 bits per heavy atom. The Morgan fingerprint density at radius 3 is 2.23 bits per heavy atom. The number of rotatable bonds is 18. The highest BCUT2D eigenvalue weighted by molar-refractivity contribution is 7.89. The Balaban J connectivity index is 1.37. The van der Waals surface area contributed by atoms with Crippen LogP contribution in [-0.2, 0) is 40.4 Å². The summed E-state index contributed by atoms with van der Waals surface area (Å²) < 4.78 is 71.3. The maximum Gasteiger partial charge on any atom is 0.340 e. The van der Waals surface area contributed by atoms with Crippen LogP contribution in [0.25, 0.3) is 0 Å². The summed E-state index contributed by atoms with van der Waals surface area (Å²) >= 11 is 6.07. The highest BCUT2D eigenvalue weighted by Gasteiger charge is 2.23. The van der Waals surface area contributed by atoms with Gasteiger partial charge in [0.15, 0.2) is 5.78 Å². The summed E-state index contributed by atoms with van der Waals surface area (Å²) in [6, 6.07) is 6.76. The number of ether oxygens (including phenoxy) is 3. The molecule has 1 heterocycles. The Morgan fingerprint density at radius 1 is 0.958 bits per heavy atom. The molecule has 0 bridgehead atoms. The topological polar surface area (TPSA) is 193 Å². The molecule has 0 saturated heterocycles. The molecular weight excluding hydrogens is 680 g/mol. The van der Waals surface area contributed by atoms with E-state index in [4.69, 9.17) is 35.4 Å². The molecule has 48 heavy (non-hydrogen) atoms. The summed E-state index contributed by atoms with van der Waals surface area (Å²) in [6.45, 7) is 2.81. The van der Waals surface area contributed by atoms with Crippen LogP contribution in [0.4, 0.5) is 14.5 Å². The predicted octanol–water partition coefficient (Wildman–Crippen LogP) is 4.13. The van der Waals surface area contributed by atoms with Gasteiger partial charge in [0.2, 0.25) is 10.0 Å². The molecule has 0 aliphatic heterocycles. The van der Waals surface area contributed by atoms with Crippen LogP contribution in [0.3, 0.4) is 0 Å². The number of ketones is 1. The minimum absolute atomic E-state index is 0.0923. The lowest BCUT2D eigenvalue weighted by Gasteiger charge is -2.19. The molecule has 2 aromatic carbocycles. The van der Waals surface area contributed by atoms with Gasteiger partial charge in [-0.3, -0.25) is 14.4 Å². The van der Waals surface area contributed by atoms with Gasteiger partial charge >= 0.3 is 17.9 Å². The van der Waals surface area contributed by atoms with Crippen LogP contribution in [0.5, 0.6) is 0 Å². The van der Waals surface area contributed by atoms with E-state index in [0.717, 1.165) is 18.2 Å². The number of benzene rings is 2. The summed E-state index contributed by atoms with van der Waals surface area (Å²) in [5.41, 5.74) is -0.129. The second-order valence-corrected chi connectivity index (χ2v) is 12.4. The highest BCUT2D eigenvalue weighted by atomic mass is 35.5. The van der Waals surface area contributed by atoms with Crippen LogP contribution in [0.1, 0.15) is 59.6 Å². The molecule has 0 amide bonds. The van der Waals surface area contributed by atoms with E-state index in [-0.39, 0.29) is 67.5 Å². The van der Waals surface area contributed by atoms with Crippen LogP contribution in [0, 0.1) is 11.6 Å². The van der Waals surface area contributed by atoms with Crippen molar-refractivity contribution in [2.24, 2.45) is 5.14 Å². The van der Waals surface area contributed by atoms with Gasteiger partial charge in [0.25, 0.3) is 0 Å². The number of nitrogens with two attached hydrogens (primary N) is 1. The Labute approximate surface area is 280 Å². The van der Waals surface area contributed by atoms with Crippen LogP contribution in [0.2, 0.25) is 5.02 Å². The summed E-state index contributed by atoms with van der Waals surface area (Å²) in [5, 5.41) is 10.8. The van der Waals surface area contributed by atoms with E-state index in [0.29, 0.717) is 11.8 Å². The molecule has 1 aromatic heterocycles. The van der Waals surface area contributed by atoms with E-state index >= 15 is 0 Å². The maximum atomic E-state index is 13.4. The van der Waals surface area contributed by atoms with Gasteiger partial charge in [-0.2, -0.15) is 0 Å². The SMILES string of the molecule is CC(COC(=O)CCC(=O)OCCCOC(=O)c1cc(S(N)(=O)=O)c(Cl)cc1NCc1ccco1)N[C@@H](C)C(=O)c1cc(F)cc(F)c1. The Hall–Kier alpha value is -4.38. The smallest absolute Gasteiger partial charge is 0.340 e. The van der Waals surface area contributed by atoms with Gasteiger partial charge in [-0.25, -0.2) is 27.1 Å². The third-order valence-electron chi connectivity index (χ3n) is 6.52. The molecule has 3 rings (SSSR count). The van der Waals surface area contributed by atoms with Gasteiger partial charge in [0.05, 0.1) is 61.2 Å². The number of hydrogen-bond acceptors (Lipinski definition) is 12. The molecule has 0 aliphatic rings. The van der Waals surface area contributed by atoms with Crippen LogP contribution >= 0.6 is 11.6 Å². The van der Waals surface area contributed by atoms with Crippen molar-refractivity contribution in [1.29, 1.82) is 0 Å². The van der Waals surface area contributed by atoms with Gasteiger partial charge in [-0.05, 0) is 50.2 Å². The van der Waals surface area contributed by atoms with Gasteiger partial charge in [-0.1, -0.05) is 11.6 Å². The lowest BCUT2D eigenvalue weighted by Crippen LogP contribution is -2.42. The van der Waals surface area contributed by atoms with E-state index in [1.807, 2.05) is 0 Å². The molecule has 0 radical (unpaired) electrons. The predicted molar refractivity (Wildman–Crippen MR) is 168 cm³/mol. The van der Waals surface area contributed by atoms with E-state index in [1.54, 1.807) is 19.1 Å². The number of nitrogens with one attached hydrogen (secondary N) is 2. The molecule has 3 aromatic rings. The van der Waals surface area contributed by atoms with Gasteiger partial charge < -0.3 is 29.3 Å². The first-order valence-corrected chi connectivity index (χ1v) is 16.4. The molecular formula is C31H34ClF2N3O10S. The zero-order chi connectivity index (χ0) is 35.4. The first kappa shape index (κ1) is 38.1. The molecule has 1 unspecified atom stereocenters. The standard InChI is InChI=1S/C31H34ClF2N3O10S/c1-18(37-19(2)30(40)20-11-21(33)13-22(34)12-20)17-47-29(39)7-6-28(38)45-9-4-10-46-31(41)24-14-27(48(35,42)43)25(32)15-26(24)36-16-23-5-3-8-44-23/h3,5,8,11-15,18-19,36-37H,4,6-7,9-10,16-17H2,1-2H3,(H2,35,42,43)/t18?,19-/m0/s1. The molecule has 260 valence electrons. The molecule has 0 aliphatic carbocycles. The molecule has 13 nitrogen and oxygen atoms in total. The van der Waals surface area contributed by atoms with E-state index < -0.39 is 62.3 Å². The van der Waals surface area contributed by atoms with Crippen molar-refractivity contribution in [1.82, 2.24) is 5.32 Å². The number of Topliss-reactive ketones (excluding diaryl/α,β-unsaturated/α-hetero) is 1. The van der Waals surface area contributed by atoms with Gasteiger partial charge in [-0.15, -0.1) is 0 Å². The normalized spacial score (nSPS) is 12.5. The molecule has 0 spiro atoms. The van der Waals surface area contributed by atoms with Crippen LogP contribution < -0.4 is 15.8 Å². The number of carbonyl (C=O) groups is 4. The summed E-state index contributed by atoms with van der Waals surface area (Å²) in [4.78, 5) is 48.9. The molecule has 0 fully saturated rings.